The summed E-state index contributed by atoms with van der Waals surface area (Å²) in [4.78, 5) is 10.7. The molecule has 1 rings (SSSR count). The van der Waals surface area contributed by atoms with E-state index in [4.69, 9.17) is 21.0 Å². The maximum Gasteiger partial charge on any atom is 0.335 e. The number of ether oxygens (including phenoxy) is 2. The molecule has 0 saturated carbocycles. The molecule has 0 fully saturated rings. The van der Waals surface area contributed by atoms with Crippen LogP contribution in [0.1, 0.15) is 16.8 Å². The fourth-order valence-corrected chi connectivity index (χ4v) is 1.20. The van der Waals surface area contributed by atoms with Crippen molar-refractivity contribution in [1.29, 1.82) is 0 Å². The van der Waals surface area contributed by atoms with Gasteiger partial charge in [0.1, 0.15) is 12.4 Å². The van der Waals surface area contributed by atoms with Gasteiger partial charge in [0.15, 0.2) is 0 Å². The van der Waals surface area contributed by atoms with Crippen LogP contribution in [0.5, 0.6) is 5.75 Å². The molecule has 0 aliphatic heterocycles. The smallest absolute Gasteiger partial charge is 0.335 e. The van der Waals surface area contributed by atoms with Gasteiger partial charge in [-0.1, -0.05) is 12.0 Å². The number of benzene rings is 1. The third kappa shape index (κ3) is 5.05. The van der Waals surface area contributed by atoms with E-state index in [9.17, 15) is 4.79 Å². The van der Waals surface area contributed by atoms with Crippen molar-refractivity contribution < 1.29 is 19.4 Å². The lowest BCUT2D eigenvalue weighted by atomic mass is 10.2. The minimum absolute atomic E-state index is 0.214. The van der Waals surface area contributed by atoms with Crippen molar-refractivity contribution in [3.8, 4) is 18.1 Å². The second kappa shape index (κ2) is 7.31. The molecule has 4 nitrogen and oxygen atoms in total. The first-order chi connectivity index (χ1) is 8.24. The Balaban J connectivity index is 2.30. The fourth-order valence-electron chi connectivity index (χ4n) is 1.20. The van der Waals surface area contributed by atoms with E-state index in [1.807, 2.05) is 0 Å². The van der Waals surface area contributed by atoms with Crippen LogP contribution in [-0.4, -0.2) is 30.9 Å². The summed E-state index contributed by atoms with van der Waals surface area (Å²) >= 11 is 0. The lowest BCUT2D eigenvalue weighted by Crippen LogP contribution is -2.04. The Morgan fingerprint density at radius 2 is 2.24 bits per heavy atom. The molecular formula is C13H14O4. The van der Waals surface area contributed by atoms with Crippen LogP contribution >= 0.6 is 0 Å². The van der Waals surface area contributed by atoms with Crippen LogP contribution in [0.4, 0.5) is 0 Å². The van der Waals surface area contributed by atoms with Gasteiger partial charge in [-0.25, -0.2) is 4.79 Å². The van der Waals surface area contributed by atoms with Crippen molar-refractivity contribution in [2.45, 2.75) is 6.42 Å². The van der Waals surface area contributed by atoms with Crippen LogP contribution in [0.15, 0.2) is 24.3 Å². The van der Waals surface area contributed by atoms with Crippen molar-refractivity contribution in [2.75, 3.05) is 19.8 Å². The number of carboxylic acid groups (broad SMARTS) is 1. The van der Waals surface area contributed by atoms with E-state index < -0.39 is 5.97 Å². The van der Waals surface area contributed by atoms with Gasteiger partial charge in [0.05, 0.1) is 18.8 Å². The number of hydrogen-bond donors (Lipinski definition) is 1. The number of rotatable bonds is 7. The van der Waals surface area contributed by atoms with Crippen LogP contribution in [0.25, 0.3) is 0 Å². The molecule has 0 aliphatic rings. The largest absolute Gasteiger partial charge is 0.493 e. The van der Waals surface area contributed by atoms with Gasteiger partial charge in [0.25, 0.3) is 0 Å². The Morgan fingerprint density at radius 3 is 2.94 bits per heavy atom. The van der Waals surface area contributed by atoms with Gasteiger partial charge in [0.2, 0.25) is 0 Å². The Kier molecular flexibility index (Phi) is 5.62. The molecule has 17 heavy (non-hydrogen) atoms. The standard InChI is InChI=1S/C13H14O4/c1-2-7-16-8-4-9-17-12-6-3-5-11(10-12)13(14)15/h1,3,5-6,10H,4,7-9H2,(H,14,15). The van der Waals surface area contributed by atoms with E-state index in [2.05, 4.69) is 5.92 Å². The minimum Gasteiger partial charge on any atom is -0.493 e. The average Bonchev–Trinajstić information content (AvgIpc) is 2.34. The number of carbonyl (C=O) groups is 1. The highest BCUT2D eigenvalue weighted by Crippen LogP contribution is 2.13. The van der Waals surface area contributed by atoms with Crippen LogP contribution in [0, 0.1) is 12.3 Å². The predicted octanol–water partition coefficient (Wildman–Crippen LogP) is 1.80. The van der Waals surface area contributed by atoms with Crippen molar-refractivity contribution in [1.82, 2.24) is 0 Å². The molecule has 0 radical (unpaired) electrons. The maximum absolute atomic E-state index is 10.7. The second-order valence-corrected chi connectivity index (χ2v) is 3.29. The molecular weight excluding hydrogens is 220 g/mol. The molecule has 0 bridgehead atoms. The third-order valence-electron chi connectivity index (χ3n) is 1.97. The highest BCUT2D eigenvalue weighted by molar-refractivity contribution is 5.87. The van der Waals surface area contributed by atoms with Crippen molar-refractivity contribution >= 4 is 5.97 Å². The van der Waals surface area contributed by atoms with E-state index in [0.29, 0.717) is 32.0 Å². The Morgan fingerprint density at radius 1 is 1.41 bits per heavy atom. The molecule has 90 valence electrons. The second-order valence-electron chi connectivity index (χ2n) is 3.29. The maximum atomic E-state index is 10.7. The van der Waals surface area contributed by atoms with Crippen LogP contribution in [-0.2, 0) is 4.74 Å². The van der Waals surface area contributed by atoms with Crippen molar-refractivity contribution in [3.63, 3.8) is 0 Å². The first kappa shape index (κ1) is 13.1. The summed E-state index contributed by atoms with van der Waals surface area (Å²) in [6.07, 6.45) is 5.72. The molecule has 0 aliphatic carbocycles. The van der Waals surface area contributed by atoms with Crippen molar-refractivity contribution in [3.05, 3.63) is 29.8 Å². The zero-order valence-corrected chi connectivity index (χ0v) is 9.39. The van der Waals surface area contributed by atoms with E-state index in [0.717, 1.165) is 0 Å². The molecule has 4 heteroatoms. The zero-order chi connectivity index (χ0) is 12.5. The molecule has 0 unspecified atom stereocenters. The summed E-state index contributed by atoms with van der Waals surface area (Å²) in [6.45, 7) is 1.30. The van der Waals surface area contributed by atoms with Crippen LogP contribution < -0.4 is 4.74 Å². The summed E-state index contributed by atoms with van der Waals surface area (Å²) in [7, 11) is 0. The lowest BCUT2D eigenvalue weighted by molar-refractivity contribution is 0.0696. The van der Waals surface area contributed by atoms with Crippen LogP contribution in [0.2, 0.25) is 0 Å². The molecule has 0 atom stereocenters. The average molecular weight is 234 g/mol. The predicted molar refractivity (Wildman–Crippen MR) is 63.2 cm³/mol. The minimum atomic E-state index is -0.965. The fraction of sp³-hybridized carbons (Fsp3) is 0.308. The number of aromatic carboxylic acids is 1. The first-order valence-electron chi connectivity index (χ1n) is 5.21. The summed E-state index contributed by atoms with van der Waals surface area (Å²) < 4.78 is 10.5. The SMILES string of the molecule is C#CCOCCCOc1cccc(C(=O)O)c1. The summed E-state index contributed by atoms with van der Waals surface area (Å²) in [5, 5.41) is 8.78. The Bertz CT molecular complexity index is 406. The number of carboxylic acids is 1. The van der Waals surface area contributed by atoms with E-state index in [1.165, 1.54) is 12.1 Å². The molecule has 1 N–H and O–H groups in total. The van der Waals surface area contributed by atoms with Gasteiger partial charge < -0.3 is 14.6 Å². The van der Waals surface area contributed by atoms with Crippen LogP contribution in [0.3, 0.4) is 0 Å². The molecule has 0 saturated heterocycles. The summed E-state index contributed by atoms with van der Waals surface area (Å²) in [5.74, 6) is 1.95. The van der Waals surface area contributed by atoms with Gasteiger partial charge >= 0.3 is 5.97 Å². The Hall–Kier alpha value is -1.99. The van der Waals surface area contributed by atoms with Gasteiger partial charge in [0, 0.05) is 6.42 Å². The highest BCUT2D eigenvalue weighted by Gasteiger charge is 2.03. The number of hydrogen-bond acceptors (Lipinski definition) is 3. The van der Waals surface area contributed by atoms with Gasteiger partial charge in [-0.2, -0.15) is 0 Å². The van der Waals surface area contributed by atoms with Gasteiger partial charge in [-0.3, -0.25) is 0 Å². The molecule has 1 aromatic rings. The number of terminal acetylenes is 1. The highest BCUT2D eigenvalue weighted by atomic mass is 16.5. The zero-order valence-electron chi connectivity index (χ0n) is 9.39. The summed E-state index contributed by atoms with van der Waals surface area (Å²) in [6, 6.07) is 6.37. The summed E-state index contributed by atoms with van der Waals surface area (Å²) in [5.41, 5.74) is 0.214. The Labute approximate surface area is 100 Å². The van der Waals surface area contributed by atoms with E-state index >= 15 is 0 Å². The molecule has 0 spiro atoms. The monoisotopic (exact) mass is 234 g/mol. The topological polar surface area (TPSA) is 55.8 Å². The van der Waals surface area contributed by atoms with E-state index in [1.54, 1.807) is 12.1 Å². The molecule has 1 aromatic carbocycles. The van der Waals surface area contributed by atoms with Gasteiger partial charge in [-0.15, -0.1) is 6.42 Å². The van der Waals surface area contributed by atoms with E-state index in [-0.39, 0.29) is 5.56 Å². The lowest BCUT2D eigenvalue weighted by Gasteiger charge is -2.06. The first-order valence-corrected chi connectivity index (χ1v) is 5.21. The quantitative estimate of drug-likeness (QED) is 0.577. The van der Waals surface area contributed by atoms with Crippen molar-refractivity contribution in [2.24, 2.45) is 0 Å². The molecule has 0 aromatic heterocycles. The molecule has 0 heterocycles. The molecule has 0 amide bonds. The normalized spacial score (nSPS) is 9.59. The van der Waals surface area contributed by atoms with Gasteiger partial charge in [-0.05, 0) is 18.2 Å². The third-order valence-corrected chi connectivity index (χ3v) is 1.97.